The van der Waals surface area contributed by atoms with Gasteiger partial charge in [0.25, 0.3) is 5.91 Å². The Morgan fingerprint density at radius 1 is 0.967 bits per heavy atom. The van der Waals surface area contributed by atoms with E-state index in [0.29, 0.717) is 43.2 Å². The number of hydrogen-bond donors (Lipinski definition) is 0. The van der Waals surface area contributed by atoms with E-state index in [1.165, 1.54) is 14.2 Å². The lowest BCUT2D eigenvalue weighted by molar-refractivity contribution is 0.0743. The van der Waals surface area contributed by atoms with Gasteiger partial charge in [-0.15, -0.1) is 0 Å². The van der Waals surface area contributed by atoms with E-state index in [-0.39, 0.29) is 5.91 Å². The fraction of sp³-hybridized carbons (Fsp3) is 0.381. The highest BCUT2D eigenvalue weighted by Crippen LogP contribution is 2.30. The fourth-order valence-corrected chi connectivity index (χ4v) is 3.96. The zero-order chi connectivity index (χ0) is 21.9. The minimum Gasteiger partial charge on any atom is -0.496 e. The lowest BCUT2D eigenvalue weighted by Gasteiger charge is -2.36. The van der Waals surface area contributed by atoms with Crippen LogP contribution in [0.15, 0.2) is 42.5 Å². The first-order chi connectivity index (χ1) is 14.3. The van der Waals surface area contributed by atoms with Crippen LogP contribution in [0.1, 0.15) is 10.4 Å². The second kappa shape index (κ2) is 8.83. The first kappa shape index (κ1) is 21.8. The molecule has 1 saturated heterocycles. The summed E-state index contributed by atoms with van der Waals surface area (Å²) in [5, 5.41) is 0. The van der Waals surface area contributed by atoms with Crippen molar-refractivity contribution in [3.05, 3.63) is 48.0 Å². The summed E-state index contributed by atoms with van der Waals surface area (Å²) >= 11 is 0. The SMILES string of the molecule is COc1ccc(N(C)S(C)(=O)=O)cc1C(=O)N1CCN(c2ccccc2OC)CC1. The lowest BCUT2D eigenvalue weighted by Crippen LogP contribution is -2.49. The molecule has 1 fully saturated rings. The topological polar surface area (TPSA) is 79.4 Å². The number of piperazine rings is 1. The Hall–Kier alpha value is -2.94. The third kappa shape index (κ3) is 4.46. The zero-order valence-corrected chi connectivity index (χ0v) is 18.5. The van der Waals surface area contributed by atoms with Gasteiger partial charge in [0.1, 0.15) is 11.5 Å². The van der Waals surface area contributed by atoms with Gasteiger partial charge in [-0.25, -0.2) is 8.42 Å². The Morgan fingerprint density at radius 3 is 2.20 bits per heavy atom. The van der Waals surface area contributed by atoms with Crippen LogP contribution in [-0.4, -0.2) is 72.9 Å². The molecule has 0 aromatic heterocycles. The predicted octanol–water partition coefficient (Wildman–Crippen LogP) is 2.06. The number of carbonyl (C=O) groups is 1. The molecule has 1 aliphatic rings. The van der Waals surface area contributed by atoms with Gasteiger partial charge in [0.2, 0.25) is 10.0 Å². The molecule has 0 saturated carbocycles. The van der Waals surface area contributed by atoms with E-state index in [9.17, 15) is 13.2 Å². The molecule has 0 spiro atoms. The minimum absolute atomic E-state index is 0.185. The molecule has 9 heteroatoms. The van der Waals surface area contributed by atoms with Crippen LogP contribution < -0.4 is 18.7 Å². The van der Waals surface area contributed by atoms with E-state index >= 15 is 0 Å². The first-order valence-electron chi connectivity index (χ1n) is 9.55. The molecule has 8 nitrogen and oxygen atoms in total. The molecule has 3 rings (SSSR count). The third-order valence-electron chi connectivity index (χ3n) is 5.27. The molecule has 1 aliphatic heterocycles. The maximum atomic E-state index is 13.2. The smallest absolute Gasteiger partial charge is 0.257 e. The van der Waals surface area contributed by atoms with Crippen LogP contribution >= 0.6 is 0 Å². The number of ether oxygens (including phenoxy) is 2. The first-order valence-corrected chi connectivity index (χ1v) is 11.4. The van der Waals surface area contributed by atoms with Crippen molar-refractivity contribution in [3.63, 3.8) is 0 Å². The van der Waals surface area contributed by atoms with E-state index in [1.807, 2.05) is 24.3 Å². The van der Waals surface area contributed by atoms with E-state index in [1.54, 1.807) is 30.2 Å². The number of amides is 1. The number of benzene rings is 2. The van der Waals surface area contributed by atoms with Crippen LogP contribution in [0.2, 0.25) is 0 Å². The van der Waals surface area contributed by atoms with Crippen molar-refractivity contribution in [2.45, 2.75) is 0 Å². The molecule has 0 bridgehead atoms. The normalized spacial score (nSPS) is 14.4. The van der Waals surface area contributed by atoms with E-state index in [0.717, 1.165) is 22.0 Å². The summed E-state index contributed by atoms with van der Waals surface area (Å²) in [6, 6.07) is 12.6. The summed E-state index contributed by atoms with van der Waals surface area (Å²) in [4.78, 5) is 17.2. The molecule has 0 atom stereocenters. The highest BCUT2D eigenvalue weighted by Gasteiger charge is 2.26. The summed E-state index contributed by atoms with van der Waals surface area (Å²) in [6.45, 7) is 2.40. The number of para-hydroxylation sites is 2. The molecule has 2 aromatic rings. The predicted molar refractivity (Wildman–Crippen MR) is 117 cm³/mol. The van der Waals surface area contributed by atoms with Gasteiger partial charge in [0.05, 0.1) is 37.4 Å². The standard InChI is InChI=1S/C21H27N3O5S/c1-22(30(4,26)27)16-9-10-19(28-2)17(15-16)21(25)24-13-11-23(12-14-24)18-7-5-6-8-20(18)29-3/h5-10,15H,11-14H2,1-4H3. The Labute approximate surface area is 177 Å². The van der Waals surface area contributed by atoms with Crippen LogP contribution in [0.25, 0.3) is 0 Å². The molecule has 1 amide bonds. The molecule has 2 aromatic carbocycles. The van der Waals surface area contributed by atoms with Gasteiger partial charge < -0.3 is 19.3 Å². The molecular formula is C21H27N3O5S. The number of carbonyl (C=O) groups excluding carboxylic acids is 1. The molecule has 1 heterocycles. The van der Waals surface area contributed by atoms with Crippen molar-refractivity contribution in [1.82, 2.24) is 4.90 Å². The Kier molecular flexibility index (Phi) is 6.40. The number of hydrogen-bond acceptors (Lipinski definition) is 6. The third-order valence-corrected chi connectivity index (χ3v) is 6.47. The molecule has 30 heavy (non-hydrogen) atoms. The highest BCUT2D eigenvalue weighted by atomic mass is 32.2. The summed E-state index contributed by atoms with van der Waals surface area (Å²) < 4.78 is 35.7. The van der Waals surface area contributed by atoms with Gasteiger partial charge in [0, 0.05) is 33.2 Å². The molecular weight excluding hydrogens is 406 g/mol. The largest absolute Gasteiger partial charge is 0.496 e. The van der Waals surface area contributed by atoms with Gasteiger partial charge in [0.15, 0.2) is 0 Å². The van der Waals surface area contributed by atoms with Crippen LogP contribution in [0.4, 0.5) is 11.4 Å². The van der Waals surface area contributed by atoms with Crippen molar-refractivity contribution >= 4 is 27.3 Å². The molecule has 0 N–H and O–H groups in total. The van der Waals surface area contributed by atoms with Gasteiger partial charge >= 0.3 is 0 Å². The van der Waals surface area contributed by atoms with Crippen molar-refractivity contribution in [3.8, 4) is 11.5 Å². The second-order valence-electron chi connectivity index (χ2n) is 7.07. The summed E-state index contributed by atoms with van der Waals surface area (Å²) in [6.07, 6.45) is 1.12. The number of nitrogens with zero attached hydrogens (tertiary/aromatic N) is 3. The average molecular weight is 434 g/mol. The maximum Gasteiger partial charge on any atom is 0.257 e. The second-order valence-corrected chi connectivity index (χ2v) is 9.08. The number of anilines is 2. The summed E-state index contributed by atoms with van der Waals surface area (Å²) in [7, 11) is 1.15. The van der Waals surface area contributed by atoms with Crippen LogP contribution in [0, 0.1) is 0 Å². The molecule has 162 valence electrons. The van der Waals surface area contributed by atoms with E-state index < -0.39 is 10.0 Å². The van der Waals surface area contributed by atoms with Gasteiger partial charge in [-0.1, -0.05) is 12.1 Å². The average Bonchev–Trinajstić information content (AvgIpc) is 2.77. The lowest BCUT2D eigenvalue weighted by atomic mass is 10.1. The van der Waals surface area contributed by atoms with Crippen molar-refractivity contribution in [1.29, 1.82) is 0 Å². The zero-order valence-electron chi connectivity index (χ0n) is 17.7. The monoisotopic (exact) mass is 433 g/mol. The van der Waals surface area contributed by atoms with Gasteiger partial charge in [-0.05, 0) is 30.3 Å². The molecule has 0 aliphatic carbocycles. The quantitative estimate of drug-likeness (QED) is 0.694. The van der Waals surface area contributed by atoms with Crippen molar-refractivity contribution in [2.24, 2.45) is 0 Å². The summed E-state index contributed by atoms with van der Waals surface area (Å²) in [5.41, 5.74) is 1.76. The van der Waals surface area contributed by atoms with Crippen molar-refractivity contribution < 1.29 is 22.7 Å². The minimum atomic E-state index is -3.44. The van der Waals surface area contributed by atoms with Crippen molar-refractivity contribution in [2.75, 3.05) is 62.9 Å². The number of methoxy groups -OCH3 is 2. The number of sulfonamides is 1. The van der Waals surface area contributed by atoms with Gasteiger partial charge in [-0.3, -0.25) is 9.10 Å². The summed E-state index contributed by atoms with van der Waals surface area (Å²) in [5.74, 6) is 1.03. The molecule has 0 unspecified atom stereocenters. The van der Waals surface area contributed by atoms with Crippen LogP contribution in [0.3, 0.4) is 0 Å². The van der Waals surface area contributed by atoms with E-state index in [2.05, 4.69) is 4.90 Å². The highest BCUT2D eigenvalue weighted by molar-refractivity contribution is 7.92. The van der Waals surface area contributed by atoms with Crippen LogP contribution in [0.5, 0.6) is 11.5 Å². The number of rotatable bonds is 6. The molecule has 0 radical (unpaired) electrons. The maximum absolute atomic E-state index is 13.2. The Morgan fingerprint density at radius 2 is 1.60 bits per heavy atom. The van der Waals surface area contributed by atoms with Crippen LogP contribution in [-0.2, 0) is 10.0 Å². The Bertz CT molecular complexity index is 1020. The van der Waals surface area contributed by atoms with E-state index in [4.69, 9.17) is 9.47 Å². The fourth-order valence-electron chi connectivity index (χ4n) is 3.46. The van der Waals surface area contributed by atoms with Gasteiger partial charge in [-0.2, -0.15) is 0 Å². The Balaban J connectivity index is 1.79.